The van der Waals surface area contributed by atoms with Crippen molar-refractivity contribution in [2.75, 3.05) is 6.54 Å². The molecule has 55 heavy (non-hydrogen) atoms. The molecule has 5 amide bonds. The van der Waals surface area contributed by atoms with Crippen molar-refractivity contribution in [3.63, 3.8) is 0 Å². The molecule has 0 bridgehead atoms. The zero-order valence-electron chi connectivity index (χ0n) is 30.8. The Morgan fingerprint density at radius 1 is 1.00 bits per heavy atom. The van der Waals surface area contributed by atoms with E-state index in [1.54, 1.807) is 39.0 Å². The molecule has 2 fully saturated rings. The number of alkyl carbamates (subject to hydrolysis) is 1. The summed E-state index contributed by atoms with van der Waals surface area (Å²) < 4.78 is 67.6. The average molecular weight is 786 g/mol. The number of halogens is 2. The van der Waals surface area contributed by atoms with Gasteiger partial charge in [-0.05, 0) is 82.3 Å². The number of hydrogen-bond acceptors (Lipinski definition) is 9. The van der Waals surface area contributed by atoms with Gasteiger partial charge in [0.15, 0.2) is 0 Å². The van der Waals surface area contributed by atoms with Crippen molar-refractivity contribution in [1.82, 2.24) is 25.2 Å². The van der Waals surface area contributed by atoms with Gasteiger partial charge in [0, 0.05) is 24.4 Å². The van der Waals surface area contributed by atoms with Gasteiger partial charge in [0.1, 0.15) is 41.0 Å². The molecule has 0 spiro atoms. The van der Waals surface area contributed by atoms with Gasteiger partial charge in [0.25, 0.3) is 15.9 Å². The minimum atomic E-state index is -4.48. The molecule has 14 nitrogen and oxygen atoms in total. The van der Waals surface area contributed by atoms with Crippen LogP contribution in [0.4, 0.5) is 18.4 Å². The lowest BCUT2D eigenvalue weighted by Crippen LogP contribution is -2.58. The molecule has 17 heteroatoms. The number of nitrogens with zero attached hydrogens (tertiary/aromatic N) is 2. The quantitative estimate of drug-likeness (QED) is 0.375. The van der Waals surface area contributed by atoms with E-state index in [1.165, 1.54) is 15.9 Å². The van der Waals surface area contributed by atoms with Gasteiger partial charge in [-0.3, -0.25) is 19.3 Å². The van der Waals surface area contributed by atoms with Gasteiger partial charge >= 0.3 is 12.2 Å². The van der Waals surface area contributed by atoms with Crippen molar-refractivity contribution in [3.8, 4) is 0 Å². The number of fused-ring (bicyclic) bond motifs is 3. The van der Waals surface area contributed by atoms with E-state index < -0.39 is 86.8 Å². The third kappa shape index (κ3) is 9.09. The lowest BCUT2D eigenvalue weighted by atomic mass is 10.0. The molecular formula is C38H45F2N5O9S. The highest BCUT2D eigenvalue weighted by atomic mass is 32.2. The van der Waals surface area contributed by atoms with Crippen LogP contribution in [0.2, 0.25) is 0 Å². The van der Waals surface area contributed by atoms with Crippen molar-refractivity contribution >= 4 is 39.9 Å². The fourth-order valence-corrected chi connectivity index (χ4v) is 8.27. The maximum atomic E-state index is 14.4. The maximum Gasteiger partial charge on any atom is 0.410 e. The molecule has 1 saturated heterocycles. The van der Waals surface area contributed by atoms with Crippen LogP contribution in [0.5, 0.6) is 0 Å². The number of carbonyl (C=O) groups excluding carboxylic acids is 5. The van der Waals surface area contributed by atoms with E-state index in [9.17, 15) is 41.2 Å². The van der Waals surface area contributed by atoms with Crippen LogP contribution >= 0.6 is 0 Å². The number of benzene rings is 2. The Morgan fingerprint density at radius 2 is 1.75 bits per heavy atom. The van der Waals surface area contributed by atoms with Gasteiger partial charge in [-0.1, -0.05) is 37.1 Å². The molecule has 1 aliphatic carbocycles. The molecule has 3 N–H and O–H groups in total. The molecular weight excluding hydrogens is 741 g/mol. The summed E-state index contributed by atoms with van der Waals surface area (Å²) >= 11 is 0. The van der Waals surface area contributed by atoms with Crippen LogP contribution in [0.3, 0.4) is 0 Å². The Hall–Kier alpha value is -5.06. The zero-order valence-corrected chi connectivity index (χ0v) is 31.6. The lowest BCUT2D eigenvalue weighted by molar-refractivity contribution is -0.141. The van der Waals surface area contributed by atoms with Crippen LogP contribution in [0, 0.1) is 17.6 Å². The first-order valence-electron chi connectivity index (χ1n) is 18.3. The first-order valence-corrected chi connectivity index (χ1v) is 19.8. The zero-order chi connectivity index (χ0) is 39.7. The van der Waals surface area contributed by atoms with Crippen molar-refractivity contribution in [2.24, 2.45) is 5.92 Å². The molecule has 2 aromatic rings. The number of carbonyl (C=O) groups is 5. The van der Waals surface area contributed by atoms with Crippen LogP contribution < -0.4 is 15.4 Å². The average Bonchev–Trinajstić information content (AvgIpc) is 3.40. The first kappa shape index (κ1) is 39.6. The third-order valence-electron chi connectivity index (χ3n) is 10.1. The van der Waals surface area contributed by atoms with Crippen LogP contribution in [0.15, 0.2) is 59.5 Å². The van der Waals surface area contributed by atoms with E-state index in [0.29, 0.717) is 36.8 Å². The van der Waals surface area contributed by atoms with Crippen molar-refractivity contribution in [3.05, 3.63) is 77.4 Å². The van der Waals surface area contributed by atoms with E-state index in [4.69, 9.17) is 9.47 Å². The predicted molar refractivity (Wildman–Crippen MR) is 192 cm³/mol. The highest BCUT2D eigenvalue weighted by Crippen LogP contribution is 2.46. The predicted octanol–water partition coefficient (Wildman–Crippen LogP) is 4.18. The second-order valence-corrected chi connectivity index (χ2v) is 17.1. The second kappa shape index (κ2) is 15.6. The summed E-state index contributed by atoms with van der Waals surface area (Å²) in [6.07, 6.45) is 3.55. The molecule has 6 rings (SSSR count). The molecule has 0 unspecified atom stereocenters. The maximum absolute atomic E-state index is 14.4. The molecule has 0 radical (unpaired) electrons. The van der Waals surface area contributed by atoms with Crippen LogP contribution in [-0.2, 0) is 47.0 Å². The molecule has 2 aromatic carbocycles. The van der Waals surface area contributed by atoms with Crippen LogP contribution in [-0.4, -0.2) is 84.0 Å². The van der Waals surface area contributed by atoms with Gasteiger partial charge in [0.05, 0.1) is 18.0 Å². The topological polar surface area (TPSA) is 181 Å². The van der Waals surface area contributed by atoms with Crippen molar-refractivity contribution in [2.45, 2.75) is 113 Å². The van der Waals surface area contributed by atoms with E-state index >= 15 is 0 Å². The number of allylic oxidation sites excluding steroid dienone is 1. The van der Waals surface area contributed by atoms with E-state index in [2.05, 4.69) is 10.6 Å². The number of rotatable bonds is 5. The molecule has 3 heterocycles. The number of amides is 5. The van der Waals surface area contributed by atoms with Gasteiger partial charge in [0.2, 0.25) is 11.8 Å². The molecule has 4 aliphatic rings. The van der Waals surface area contributed by atoms with Gasteiger partial charge in [-0.25, -0.2) is 31.5 Å². The fraction of sp³-hybridized carbons (Fsp3) is 0.500. The standard InChI is InChI=1S/C38H45F2N5O9S/c1-37(2,3)54-35(49)41-30-13-8-6-4-5-7-11-24-19-38(24,34(48)43-55(51,52)27-16-14-25(39)15-17-27)42-32(46)31-18-26(21-45(31)33(30)47)53-36(50)44-20-23-10-9-12-29(40)28(23)22-44/h7,9-12,14-17,24,26,30-31H,4-6,8,13,18-22H2,1-3H3,(H,41,49)(H,42,46)(H,43,48)/b11-7-/t24-,26-,30+,31+,38-/m1/s1. The van der Waals surface area contributed by atoms with E-state index in [-0.39, 0.29) is 43.8 Å². The smallest absolute Gasteiger partial charge is 0.410 e. The Bertz CT molecular complexity index is 1990. The van der Waals surface area contributed by atoms with E-state index in [0.717, 1.165) is 24.3 Å². The summed E-state index contributed by atoms with van der Waals surface area (Å²) in [5, 5.41) is 5.36. The summed E-state index contributed by atoms with van der Waals surface area (Å²) in [4.78, 5) is 70.9. The minimum Gasteiger partial charge on any atom is -0.444 e. The number of nitrogens with one attached hydrogen (secondary N) is 3. The fourth-order valence-electron chi connectivity index (χ4n) is 7.23. The first-order chi connectivity index (χ1) is 26.0. The van der Waals surface area contributed by atoms with Crippen LogP contribution in [0.1, 0.15) is 76.8 Å². The highest BCUT2D eigenvalue weighted by molar-refractivity contribution is 7.90. The van der Waals surface area contributed by atoms with Crippen molar-refractivity contribution < 1.29 is 50.6 Å². The van der Waals surface area contributed by atoms with Gasteiger partial charge in [-0.2, -0.15) is 0 Å². The molecule has 1 saturated carbocycles. The minimum absolute atomic E-state index is 0.0324. The molecule has 5 atom stereocenters. The lowest BCUT2D eigenvalue weighted by Gasteiger charge is -2.30. The highest BCUT2D eigenvalue weighted by Gasteiger charge is 2.61. The summed E-state index contributed by atoms with van der Waals surface area (Å²) in [5.41, 5.74) is -1.60. The van der Waals surface area contributed by atoms with Crippen LogP contribution in [0.25, 0.3) is 0 Å². The Labute approximate surface area is 318 Å². The monoisotopic (exact) mass is 785 g/mol. The van der Waals surface area contributed by atoms with Gasteiger partial charge in [-0.15, -0.1) is 0 Å². The Morgan fingerprint density at radius 3 is 2.45 bits per heavy atom. The van der Waals surface area contributed by atoms with Gasteiger partial charge < -0.3 is 25.0 Å². The summed E-state index contributed by atoms with van der Waals surface area (Å²) in [5.74, 6) is -4.19. The Balaban J connectivity index is 1.26. The molecule has 3 aliphatic heterocycles. The number of ether oxygens (including phenoxy) is 2. The molecule has 0 aromatic heterocycles. The number of hydrogen-bond donors (Lipinski definition) is 3. The number of sulfonamides is 1. The Kier molecular flexibility index (Phi) is 11.2. The second-order valence-electron chi connectivity index (χ2n) is 15.4. The largest absolute Gasteiger partial charge is 0.444 e. The summed E-state index contributed by atoms with van der Waals surface area (Å²) in [7, 11) is -4.48. The summed E-state index contributed by atoms with van der Waals surface area (Å²) in [6.45, 7) is 4.84. The molecule has 296 valence electrons. The van der Waals surface area contributed by atoms with Crippen molar-refractivity contribution in [1.29, 1.82) is 0 Å². The normalized spacial score (nSPS) is 26.3. The summed E-state index contributed by atoms with van der Waals surface area (Å²) in [6, 6.07) is 6.00. The van der Waals surface area contributed by atoms with E-state index in [1.807, 2.05) is 10.8 Å². The third-order valence-corrected chi connectivity index (χ3v) is 11.5. The SMILES string of the molecule is CC(C)(C)OC(=O)N[C@H]1CCCCC/C=C\[C@@H]2C[C@@]2(C(=O)NS(=O)(=O)c2ccc(F)cc2)NC(=O)[C@@H]2C[C@@H](OC(=O)N3Cc4cccc(F)c4C3)CN2C1=O.